The van der Waals surface area contributed by atoms with Gasteiger partial charge in [-0.05, 0) is 31.9 Å². The molecule has 0 bridgehead atoms. The van der Waals surface area contributed by atoms with Crippen LogP contribution in [0, 0.1) is 5.92 Å². The number of nitrogens with zero attached hydrogens (tertiary/aromatic N) is 2. The van der Waals surface area contributed by atoms with Crippen molar-refractivity contribution in [3.63, 3.8) is 0 Å². The van der Waals surface area contributed by atoms with Crippen molar-refractivity contribution in [1.82, 2.24) is 9.13 Å². The van der Waals surface area contributed by atoms with Crippen LogP contribution < -0.4 is 5.69 Å². The standard InChI is InChI=1S/C11H14N2O.C4H10.C2H6/c1-8(2)13-10-7-5-4-6-9(10)12(3)11(13)14;1-4(2)3;1-2/h4-8H,1-3H3;4H,1-3H3;1-2H3. The second-order valence-electron chi connectivity index (χ2n) is 5.53. The van der Waals surface area contributed by atoms with Crippen molar-refractivity contribution >= 4 is 11.0 Å². The number of aromatic nitrogens is 2. The summed E-state index contributed by atoms with van der Waals surface area (Å²) >= 11 is 0. The molecule has 2 aromatic rings. The van der Waals surface area contributed by atoms with E-state index in [0.29, 0.717) is 0 Å². The van der Waals surface area contributed by atoms with Crippen molar-refractivity contribution in [2.24, 2.45) is 13.0 Å². The quantitative estimate of drug-likeness (QED) is 0.748. The lowest BCUT2D eigenvalue weighted by Crippen LogP contribution is -2.23. The first-order chi connectivity index (χ1) is 9.36. The van der Waals surface area contributed by atoms with Gasteiger partial charge in [-0.25, -0.2) is 4.79 Å². The highest BCUT2D eigenvalue weighted by molar-refractivity contribution is 5.75. The first-order valence-electron chi connectivity index (χ1n) is 7.52. The van der Waals surface area contributed by atoms with Crippen molar-refractivity contribution in [3.8, 4) is 0 Å². The van der Waals surface area contributed by atoms with Gasteiger partial charge in [0, 0.05) is 13.1 Å². The molecule has 1 aromatic carbocycles. The fourth-order valence-corrected chi connectivity index (χ4v) is 1.82. The zero-order chi connectivity index (χ0) is 15.9. The number of hydrogen-bond acceptors (Lipinski definition) is 1. The summed E-state index contributed by atoms with van der Waals surface area (Å²) in [4.78, 5) is 11.9. The lowest BCUT2D eigenvalue weighted by Gasteiger charge is -2.05. The van der Waals surface area contributed by atoms with E-state index in [1.807, 2.05) is 63.6 Å². The molecule has 0 unspecified atom stereocenters. The molecule has 0 spiro atoms. The largest absolute Gasteiger partial charge is 0.329 e. The lowest BCUT2D eigenvalue weighted by atomic mass is 10.3. The molecule has 0 fully saturated rings. The summed E-state index contributed by atoms with van der Waals surface area (Å²) < 4.78 is 3.50. The van der Waals surface area contributed by atoms with Crippen LogP contribution in [0.2, 0.25) is 0 Å². The van der Waals surface area contributed by atoms with Gasteiger partial charge in [0.2, 0.25) is 0 Å². The molecule has 0 saturated heterocycles. The summed E-state index contributed by atoms with van der Waals surface area (Å²) in [5.41, 5.74) is 2.06. The second kappa shape index (κ2) is 8.62. The molecule has 0 radical (unpaired) electrons. The number of imidazole rings is 1. The van der Waals surface area contributed by atoms with Gasteiger partial charge in [0.25, 0.3) is 0 Å². The molecule has 1 heterocycles. The van der Waals surface area contributed by atoms with Crippen LogP contribution in [-0.2, 0) is 7.05 Å². The molecular weight excluding hydrogens is 248 g/mol. The molecule has 0 aliphatic carbocycles. The van der Waals surface area contributed by atoms with Crippen LogP contribution in [0.5, 0.6) is 0 Å². The molecule has 2 rings (SSSR count). The summed E-state index contributed by atoms with van der Waals surface area (Å²) in [7, 11) is 1.81. The Kier molecular flexibility index (Phi) is 7.97. The van der Waals surface area contributed by atoms with E-state index in [-0.39, 0.29) is 11.7 Å². The third kappa shape index (κ3) is 4.55. The van der Waals surface area contributed by atoms with Gasteiger partial charge in [-0.3, -0.25) is 9.13 Å². The predicted octanol–water partition coefficient (Wildman–Crippen LogP) is 4.61. The Morgan fingerprint density at radius 1 is 0.900 bits per heavy atom. The third-order valence-corrected chi connectivity index (χ3v) is 2.51. The maximum absolute atomic E-state index is 11.9. The van der Waals surface area contributed by atoms with Crippen LogP contribution in [0.4, 0.5) is 0 Å². The Morgan fingerprint density at radius 2 is 1.30 bits per heavy atom. The maximum Gasteiger partial charge on any atom is 0.329 e. The van der Waals surface area contributed by atoms with Crippen LogP contribution in [0.25, 0.3) is 11.0 Å². The fraction of sp³-hybridized carbons (Fsp3) is 0.588. The predicted molar refractivity (Wildman–Crippen MR) is 89.4 cm³/mol. The molecule has 0 aliphatic rings. The third-order valence-electron chi connectivity index (χ3n) is 2.51. The number of aryl methyl sites for hydroxylation is 1. The highest BCUT2D eigenvalue weighted by atomic mass is 16.1. The molecule has 0 atom stereocenters. The van der Waals surface area contributed by atoms with Gasteiger partial charge in [-0.1, -0.05) is 46.8 Å². The molecule has 20 heavy (non-hydrogen) atoms. The Hall–Kier alpha value is -1.51. The summed E-state index contributed by atoms with van der Waals surface area (Å²) in [5.74, 6) is 0.833. The average Bonchev–Trinajstić information content (AvgIpc) is 2.64. The molecule has 3 nitrogen and oxygen atoms in total. The van der Waals surface area contributed by atoms with Gasteiger partial charge in [0.15, 0.2) is 0 Å². The Bertz CT molecular complexity index is 559. The second-order valence-corrected chi connectivity index (χ2v) is 5.53. The molecule has 114 valence electrons. The monoisotopic (exact) mass is 278 g/mol. The summed E-state index contributed by atoms with van der Waals surface area (Å²) in [6, 6.07) is 8.06. The van der Waals surface area contributed by atoms with Crippen LogP contribution in [0.15, 0.2) is 29.1 Å². The van der Waals surface area contributed by atoms with E-state index < -0.39 is 0 Å². The Labute approximate surface area is 123 Å². The van der Waals surface area contributed by atoms with E-state index >= 15 is 0 Å². The van der Waals surface area contributed by atoms with Gasteiger partial charge < -0.3 is 0 Å². The van der Waals surface area contributed by atoms with E-state index in [2.05, 4.69) is 20.8 Å². The maximum atomic E-state index is 11.9. The number of fused-ring (bicyclic) bond motifs is 1. The number of rotatable bonds is 1. The molecular formula is C17H30N2O. The van der Waals surface area contributed by atoms with E-state index in [1.54, 1.807) is 4.57 Å². The van der Waals surface area contributed by atoms with Gasteiger partial charge in [-0.2, -0.15) is 0 Å². The minimum atomic E-state index is 0.0567. The molecule has 0 amide bonds. The van der Waals surface area contributed by atoms with Gasteiger partial charge in [-0.15, -0.1) is 0 Å². The molecule has 0 N–H and O–H groups in total. The van der Waals surface area contributed by atoms with Crippen molar-refractivity contribution in [2.75, 3.05) is 0 Å². The molecule has 3 heteroatoms. The van der Waals surface area contributed by atoms with E-state index in [1.165, 1.54) is 0 Å². The highest BCUT2D eigenvalue weighted by Crippen LogP contribution is 2.15. The van der Waals surface area contributed by atoms with Crippen molar-refractivity contribution < 1.29 is 0 Å². The number of para-hydroxylation sites is 2. The summed E-state index contributed by atoms with van der Waals surface area (Å²) in [5, 5.41) is 0. The van der Waals surface area contributed by atoms with Crippen LogP contribution in [-0.4, -0.2) is 9.13 Å². The van der Waals surface area contributed by atoms with E-state index in [0.717, 1.165) is 17.0 Å². The topological polar surface area (TPSA) is 26.9 Å². The van der Waals surface area contributed by atoms with E-state index in [4.69, 9.17) is 0 Å². The van der Waals surface area contributed by atoms with Crippen molar-refractivity contribution in [3.05, 3.63) is 34.7 Å². The molecule has 1 aromatic heterocycles. The minimum absolute atomic E-state index is 0.0567. The first-order valence-corrected chi connectivity index (χ1v) is 7.52. The Morgan fingerprint density at radius 3 is 1.70 bits per heavy atom. The van der Waals surface area contributed by atoms with Crippen LogP contribution in [0.1, 0.15) is 54.5 Å². The van der Waals surface area contributed by atoms with Gasteiger partial charge in [0.1, 0.15) is 0 Å². The molecule has 0 aliphatic heterocycles. The van der Waals surface area contributed by atoms with Crippen molar-refractivity contribution in [1.29, 1.82) is 0 Å². The highest BCUT2D eigenvalue weighted by Gasteiger charge is 2.11. The normalized spacial score (nSPS) is 10.1. The van der Waals surface area contributed by atoms with E-state index in [9.17, 15) is 4.79 Å². The zero-order valence-corrected chi connectivity index (χ0v) is 14.3. The summed E-state index contributed by atoms with van der Waals surface area (Å²) in [6.45, 7) is 14.5. The zero-order valence-electron chi connectivity index (χ0n) is 14.3. The van der Waals surface area contributed by atoms with Gasteiger partial charge in [0.05, 0.1) is 11.0 Å². The SMILES string of the molecule is CC.CC(C)C.CC(C)n1c(=O)n(C)c2ccccc21. The van der Waals surface area contributed by atoms with Crippen LogP contribution in [0.3, 0.4) is 0 Å². The molecule has 0 saturated carbocycles. The lowest BCUT2D eigenvalue weighted by molar-refractivity contribution is 0.583. The van der Waals surface area contributed by atoms with Crippen molar-refractivity contribution in [2.45, 2.75) is 54.5 Å². The van der Waals surface area contributed by atoms with Gasteiger partial charge >= 0.3 is 5.69 Å². The fourth-order valence-electron chi connectivity index (χ4n) is 1.82. The minimum Gasteiger partial charge on any atom is -0.295 e. The number of benzene rings is 1. The van der Waals surface area contributed by atoms with Crippen LogP contribution >= 0.6 is 0 Å². The smallest absolute Gasteiger partial charge is 0.295 e. The first kappa shape index (κ1) is 18.5. The summed E-state index contributed by atoms with van der Waals surface area (Å²) in [6.07, 6.45) is 0. The number of hydrogen-bond donors (Lipinski definition) is 0. The Balaban J connectivity index is 0.000000521. The average molecular weight is 278 g/mol.